The lowest BCUT2D eigenvalue weighted by molar-refractivity contribution is 0.0785. The SMILES string of the molecule is Cc1cccc(C)c1-n1nnnc1[C@H](C1C=CC(Br)=CC1)N1CCN(C/C=C/c2ccccc2)CC1. The summed E-state index contributed by atoms with van der Waals surface area (Å²) in [4.78, 5) is 5.10. The van der Waals surface area contributed by atoms with E-state index in [4.69, 9.17) is 0 Å². The first-order valence-corrected chi connectivity index (χ1v) is 13.5. The van der Waals surface area contributed by atoms with Crippen molar-refractivity contribution in [1.82, 2.24) is 30.0 Å². The highest BCUT2D eigenvalue weighted by molar-refractivity contribution is 9.11. The lowest BCUT2D eigenvalue weighted by atomic mass is 9.90. The summed E-state index contributed by atoms with van der Waals surface area (Å²) in [6, 6.07) is 17.0. The molecule has 1 saturated heterocycles. The number of halogens is 1. The Morgan fingerprint density at radius 2 is 1.75 bits per heavy atom. The zero-order chi connectivity index (χ0) is 24.9. The molecule has 0 N–H and O–H groups in total. The lowest BCUT2D eigenvalue weighted by Crippen LogP contribution is -2.49. The Bertz CT molecular complexity index is 1230. The molecule has 36 heavy (non-hydrogen) atoms. The predicted octanol–water partition coefficient (Wildman–Crippen LogP) is 5.51. The van der Waals surface area contributed by atoms with Crippen molar-refractivity contribution in [3.8, 4) is 5.69 Å². The molecule has 7 heteroatoms. The van der Waals surface area contributed by atoms with E-state index in [0.29, 0.717) is 5.92 Å². The number of rotatable bonds is 7. The lowest BCUT2D eigenvalue weighted by Gasteiger charge is -2.41. The number of hydrogen-bond acceptors (Lipinski definition) is 5. The maximum absolute atomic E-state index is 4.62. The number of nitrogens with zero attached hydrogens (tertiary/aromatic N) is 6. The van der Waals surface area contributed by atoms with Crippen molar-refractivity contribution in [3.05, 3.63) is 99.8 Å². The van der Waals surface area contributed by atoms with Gasteiger partial charge in [-0.25, -0.2) is 0 Å². The molecule has 3 aromatic rings. The summed E-state index contributed by atoms with van der Waals surface area (Å²) in [5.74, 6) is 1.23. The molecule has 5 rings (SSSR count). The van der Waals surface area contributed by atoms with Crippen LogP contribution in [0.2, 0.25) is 0 Å². The molecule has 6 nitrogen and oxygen atoms in total. The molecule has 0 saturated carbocycles. The number of piperazine rings is 1. The van der Waals surface area contributed by atoms with Crippen LogP contribution in [0.1, 0.15) is 35.0 Å². The topological polar surface area (TPSA) is 50.1 Å². The van der Waals surface area contributed by atoms with Crippen molar-refractivity contribution in [2.45, 2.75) is 26.3 Å². The van der Waals surface area contributed by atoms with Gasteiger partial charge in [0.1, 0.15) is 0 Å². The maximum Gasteiger partial charge on any atom is 0.174 e. The summed E-state index contributed by atoms with van der Waals surface area (Å²) in [5.41, 5.74) is 4.69. The second-order valence-corrected chi connectivity index (χ2v) is 10.5. The molecule has 0 amide bonds. The summed E-state index contributed by atoms with van der Waals surface area (Å²) in [6.45, 7) is 9.24. The van der Waals surface area contributed by atoms with Crippen molar-refractivity contribution >= 4 is 22.0 Å². The minimum Gasteiger partial charge on any atom is -0.297 e. The van der Waals surface area contributed by atoms with Crippen LogP contribution in [0.15, 0.2) is 77.3 Å². The molecule has 2 aromatic carbocycles. The Balaban J connectivity index is 1.36. The normalized spacial score (nSPS) is 20.1. The molecule has 2 aliphatic rings. The molecule has 1 fully saturated rings. The highest BCUT2D eigenvalue weighted by atomic mass is 79.9. The van der Waals surface area contributed by atoms with Crippen LogP contribution in [0.4, 0.5) is 0 Å². The maximum atomic E-state index is 4.62. The first-order valence-electron chi connectivity index (χ1n) is 12.7. The van der Waals surface area contributed by atoms with E-state index in [1.165, 1.54) is 16.7 Å². The van der Waals surface area contributed by atoms with Gasteiger partial charge in [0.15, 0.2) is 5.82 Å². The van der Waals surface area contributed by atoms with Gasteiger partial charge in [0.25, 0.3) is 0 Å². The number of tetrazole rings is 1. The Morgan fingerprint density at radius 3 is 2.44 bits per heavy atom. The molecular formula is C29H33BrN6. The van der Waals surface area contributed by atoms with Gasteiger partial charge in [0, 0.05) is 43.1 Å². The molecule has 1 unspecified atom stereocenters. The van der Waals surface area contributed by atoms with Crippen LogP contribution < -0.4 is 0 Å². The Kier molecular flexibility index (Phi) is 7.90. The quantitative estimate of drug-likeness (QED) is 0.392. The Morgan fingerprint density at radius 1 is 1.00 bits per heavy atom. The van der Waals surface area contributed by atoms with E-state index in [1.54, 1.807) is 0 Å². The fourth-order valence-electron chi connectivity index (χ4n) is 5.27. The van der Waals surface area contributed by atoms with Gasteiger partial charge in [-0.05, 0) is 47.4 Å². The number of hydrogen-bond donors (Lipinski definition) is 0. The Hall–Kier alpha value is -2.87. The summed E-state index contributed by atoms with van der Waals surface area (Å²) >= 11 is 3.63. The summed E-state index contributed by atoms with van der Waals surface area (Å²) in [5, 5.41) is 13.3. The van der Waals surface area contributed by atoms with Crippen molar-refractivity contribution < 1.29 is 0 Å². The van der Waals surface area contributed by atoms with Crippen molar-refractivity contribution in [1.29, 1.82) is 0 Å². The van der Waals surface area contributed by atoms with Crippen LogP contribution in [0.3, 0.4) is 0 Å². The zero-order valence-electron chi connectivity index (χ0n) is 21.0. The van der Waals surface area contributed by atoms with Crippen LogP contribution in [0.5, 0.6) is 0 Å². The zero-order valence-corrected chi connectivity index (χ0v) is 22.6. The third-order valence-corrected chi connectivity index (χ3v) is 7.76. The molecular weight excluding hydrogens is 512 g/mol. The van der Waals surface area contributed by atoms with Crippen molar-refractivity contribution in [2.75, 3.05) is 32.7 Å². The standard InChI is InChI=1S/C29H33BrN6/c1-22-8-6-9-23(2)27(22)36-29(31-32-33-36)28(25-13-15-26(30)16-14-25)35-20-18-34(19-21-35)17-7-12-24-10-4-3-5-11-24/h3-13,15-16,25,28H,14,17-21H2,1-2H3/b12-7+/t25?,28-/m0/s1. The second-order valence-electron chi connectivity index (χ2n) is 9.63. The van der Waals surface area contributed by atoms with Crippen LogP contribution in [0.25, 0.3) is 11.8 Å². The van der Waals surface area contributed by atoms with Gasteiger partial charge in [-0.2, -0.15) is 4.68 Å². The smallest absolute Gasteiger partial charge is 0.174 e. The van der Waals surface area contributed by atoms with E-state index in [-0.39, 0.29) is 6.04 Å². The fraction of sp³-hybridized carbons (Fsp3) is 0.345. The van der Waals surface area contributed by atoms with E-state index in [9.17, 15) is 0 Å². The first kappa shape index (κ1) is 24.8. The highest BCUT2D eigenvalue weighted by Crippen LogP contribution is 2.36. The minimum absolute atomic E-state index is 0.106. The number of aryl methyl sites for hydroxylation is 2. The molecule has 0 spiro atoms. The van der Waals surface area contributed by atoms with E-state index in [0.717, 1.165) is 55.1 Å². The van der Waals surface area contributed by atoms with Crippen LogP contribution >= 0.6 is 15.9 Å². The van der Waals surface area contributed by atoms with Crippen LogP contribution in [0, 0.1) is 19.8 Å². The van der Waals surface area contributed by atoms with Gasteiger partial charge in [0.05, 0.1) is 11.7 Å². The van der Waals surface area contributed by atoms with Gasteiger partial charge >= 0.3 is 0 Å². The Labute approximate surface area is 222 Å². The molecule has 186 valence electrons. The number of para-hydroxylation sites is 1. The first-order chi connectivity index (χ1) is 17.6. The molecule has 0 bridgehead atoms. The highest BCUT2D eigenvalue weighted by Gasteiger charge is 2.35. The largest absolute Gasteiger partial charge is 0.297 e. The number of benzene rings is 2. The molecule has 1 aliphatic carbocycles. The minimum atomic E-state index is 0.106. The summed E-state index contributed by atoms with van der Waals surface area (Å²) in [7, 11) is 0. The number of aromatic nitrogens is 4. The van der Waals surface area contributed by atoms with Gasteiger partial charge in [-0.3, -0.25) is 9.80 Å². The molecule has 2 heterocycles. The monoisotopic (exact) mass is 544 g/mol. The molecule has 1 aromatic heterocycles. The van der Waals surface area contributed by atoms with Gasteiger partial charge in [-0.15, -0.1) is 5.10 Å². The third kappa shape index (κ3) is 5.59. The van der Waals surface area contributed by atoms with Crippen LogP contribution in [-0.4, -0.2) is 62.7 Å². The van der Waals surface area contributed by atoms with Crippen LogP contribution in [-0.2, 0) is 0 Å². The van der Waals surface area contributed by atoms with Crippen molar-refractivity contribution in [2.24, 2.45) is 5.92 Å². The van der Waals surface area contributed by atoms with E-state index >= 15 is 0 Å². The van der Waals surface area contributed by atoms with E-state index in [1.807, 2.05) is 4.68 Å². The van der Waals surface area contributed by atoms with E-state index in [2.05, 4.69) is 134 Å². The van der Waals surface area contributed by atoms with E-state index < -0.39 is 0 Å². The summed E-state index contributed by atoms with van der Waals surface area (Å²) < 4.78 is 3.12. The van der Waals surface area contributed by atoms with Gasteiger partial charge in [-0.1, -0.05) is 94.8 Å². The predicted molar refractivity (Wildman–Crippen MR) is 149 cm³/mol. The average Bonchev–Trinajstić information content (AvgIpc) is 3.36. The number of allylic oxidation sites excluding steroid dienone is 3. The molecule has 1 aliphatic heterocycles. The molecule has 0 radical (unpaired) electrons. The average molecular weight is 546 g/mol. The third-order valence-electron chi connectivity index (χ3n) is 7.18. The second kappa shape index (κ2) is 11.5. The van der Waals surface area contributed by atoms with Gasteiger partial charge in [0.2, 0.25) is 0 Å². The molecule has 2 atom stereocenters. The summed E-state index contributed by atoms with van der Waals surface area (Å²) in [6.07, 6.45) is 12.2. The van der Waals surface area contributed by atoms with Gasteiger partial charge < -0.3 is 0 Å². The van der Waals surface area contributed by atoms with Crippen molar-refractivity contribution in [3.63, 3.8) is 0 Å². The fourth-order valence-corrected chi connectivity index (χ4v) is 5.61.